The molecule has 2 rings (SSSR count). The van der Waals surface area contributed by atoms with Gasteiger partial charge in [0.2, 0.25) is 15.9 Å². The molecule has 0 radical (unpaired) electrons. The predicted octanol–water partition coefficient (Wildman–Crippen LogP) is 2.87. The molecule has 0 N–H and O–H groups in total. The minimum absolute atomic E-state index is 0.171. The second kappa shape index (κ2) is 7.23. The summed E-state index contributed by atoms with van der Waals surface area (Å²) in [6.07, 6.45) is -1.05. The van der Waals surface area contributed by atoms with Crippen molar-refractivity contribution in [2.75, 3.05) is 23.7 Å². The Hall–Kier alpha value is -1.77. The lowest BCUT2D eigenvalue weighted by molar-refractivity contribution is -0.137. The molecule has 0 bridgehead atoms. The molecule has 5 nitrogen and oxygen atoms in total. The zero-order chi connectivity index (χ0) is 18.8. The number of carbonyl (C=O) groups excluding carboxylic acids is 1. The first-order chi connectivity index (χ1) is 11.5. The second-order valence-electron chi connectivity index (χ2n) is 6.17. The molecule has 1 heterocycles. The molecule has 1 fully saturated rings. The van der Waals surface area contributed by atoms with E-state index in [-0.39, 0.29) is 5.69 Å². The van der Waals surface area contributed by atoms with E-state index in [0.717, 1.165) is 48.0 Å². The normalized spacial score (nSPS) is 17.2. The van der Waals surface area contributed by atoms with Crippen molar-refractivity contribution in [3.05, 3.63) is 29.8 Å². The maximum absolute atomic E-state index is 12.9. The van der Waals surface area contributed by atoms with E-state index < -0.39 is 33.7 Å². The Morgan fingerprint density at radius 1 is 1.20 bits per heavy atom. The van der Waals surface area contributed by atoms with Crippen molar-refractivity contribution in [2.24, 2.45) is 0 Å². The summed E-state index contributed by atoms with van der Waals surface area (Å²) in [7, 11) is -3.94. The number of rotatable bonds is 4. The van der Waals surface area contributed by atoms with Crippen molar-refractivity contribution in [1.29, 1.82) is 0 Å². The van der Waals surface area contributed by atoms with Gasteiger partial charge in [-0.2, -0.15) is 13.2 Å². The van der Waals surface area contributed by atoms with Crippen LogP contribution in [-0.2, 0) is 21.0 Å². The lowest BCUT2D eigenvalue weighted by atomic mass is 10.1. The largest absolute Gasteiger partial charge is 0.416 e. The summed E-state index contributed by atoms with van der Waals surface area (Å²) in [5.41, 5.74) is -1.13. The molecule has 0 spiro atoms. The lowest BCUT2D eigenvalue weighted by Crippen LogP contribution is -2.50. The van der Waals surface area contributed by atoms with Crippen molar-refractivity contribution in [1.82, 2.24) is 4.90 Å². The Bertz CT molecular complexity index is 728. The van der Waals surface area contributed by atoms with Crippen molar-refractivity contribution >= 4 is 21.6 Å². The van der Waals surface area contributed by atoms with E-state index in [1.54, 1.807) is 4.90 Å². The summed E-state index contributed by atoms with van der Waals surface area (Å²) >= 11 is 0. The molecule has 9 heteroatoms. The molecular formula is C16H21F3N2O3S. The van der Waals surface area contributed by atoms with E-state index in [1.165, 1.54) is 13.0 Å². The third-order valence-corrected chi connectivity index (χ3v) is 5.40. The van der Waals surface area contributed by atoms with Gasteiger partial charge in [0.1, 0.15) is 6.04 Å². The SMILES string of the molecule is C[C@@H](C(=O)N1CCCCC1)N(c1cccc(C(F)(F)F)c1)S(C)(=O)=O. The van der Waals surface area contributed by atoms with Crippen LogP contribution in [0.25, 0.3) is 0 Å². The third-order valence-electron chi connectivity index (χ3n) is 4.16. The van der Waals surface area contributed by atoms with Gasteiger partial charge in [0, 0.05) is 13.1 Å². The summed E-state index contributed by atoms with van der Waals surface area (Å²) in [6.45, 7) is 2.46. The van der Waals surface area contributed by atoms with Crippen LogP contribution < -0.4 is 4.31 Å². The van der Waals surface area contributed by atoms with E-state index in [0.29, 0.717) is 13.1 Å². The molecule has 1 saturated heterocycles. The highest BCUT2D eigenvalue weighted by molar-refractivity contribution is 7.92. The molecule has 1 aliphatic heterocycles. The molecule has 1 aliphatic rings. The number of likely N-dealkylation sites (tertiary alicyclic amines) is 1. The van der Waals surface area contributed by atoms with Gasteiger partial charge in [-0.25, -0.2) is 8.42 Å². The maximum Gasteiger partial charge on any atom is 0.416 e. The third kappa shape index (κ3) is 4.65. The molecule has 1 aromatic rings. The molecule has 1 amide bonds. The first-order valence-corrected chi connectivity index (χ1v) is 9.82. The fourth-order valence-corrected chi connectivity index (χ4v) is 4.16. The number of nitrogens with zero attached hydrogens (tertiary/aromatic N) is 2. The average Bonchev–Trinajstić information content (AvgIpc) is 2.53. The highest BCUT2D eigenvalue weighted by Crippen LogP contribution is 2.33. The van der Waals surface area contributed by atoms with Gasteiger partial charge < -0.3 is 4.90 Å². The van der Waals surface area contributed by atoms with Gasteiger partial charge in [-0.3, -0.25) is 9.10 Å². The number of hydrogen-bond donors (Lipinski definition) is 0. The van der Waals surface area contributed by atoms with Gasteiger partial charge in [0.05, 0.1) is 17.5 Å². The molecule has 1 atom stereocenters. The summed E-state index contributed by atoms with van der Waals surface area (Å²) in [4.78, 5) is 14.2. The van der Waals surface area contributed by atoms with Crippen LogP contribution in [0.2, 0.25) is 0 Å². The van der Waals surface area contributed by atoms with Crippen LogP contribution in [0.15, 0.2) is 24.3 Å². The van der Waals surface area contributed by atoms with Gasteiger partial charge in [-0.05, 0) is 44.4 Å². The van der Waals surface area contributed by atoms with Crippen molar-refractivity contribution in [3.8, 4) is 0 Å². The van der Waals surface area contributed by atoms with E-state index in [4.69, 9.17) is 0 Å². The summed E-state index contributed by atoms with van der Waals surface area (Å²) < 4.78 is 64.0. The van der Waals surface area contributed by atoms with Crippen molar-refractivity contribution < 1.29 is 26.4 Å². The number of amides is 1. The number of halogens is 3. The smallest absolute Gasteiger partial charge is 0.341 e. The van der Waals surface area contributed by atoms with Crippen LogP contribution in [0.5, 0.6) is 0 Å². The highest BCUT2D eigenvalue weighted by atomic mass is 32.2. The fourth-order valence-electron chi connectivity index (χ4n) is 3.00. The minimum atomic E-state index is -4.60. The predicted molar refractivity (Wildman–Crippen MR) is 88.7 cm³/mol. The van der Waals surface area contributed by atoms with Crippen LogP contribution in [0.3, 0.4) is 0 Å². The Morgan fingerprint density at radius 3 is 2.32 bits per heavy atom. The lowest BCUT2D eigenvalue weighted by Gasteiger charge is -2.34. The first-order valence-electron chi connectivity index (χ1n) is 7.97. The second-order valence-corrected chi connectivity index (χ2v) is 8.03. The molecule has 0 aliphatic carbocycles. The quantitative estimate of drug-likeness (QED) is 0.810. The number of anilines is 1. The Balaban J connectivity index is 2.38. The van der Waals surface area contributed by atoms with Crippen LogP contribution in [0.1, 0.15) is 31.7 Å². The van der Waals surface area contributed by atoms with Crippen LogP contribution in [0.4, 0.5) is 18.9 Å². The molecule has 140 valence electrons. The van der Waals surface area contributed by atoms with Gasteiger partial charge in [0.25, 0.3) is 0 Å². The molecule has 0 aromatic heterocycles. The molecular weight excluding hydrogens is 357 g/mol. The topological polar surface area (TPSA) is 57.7 Å². The van der Waals surface area contributed by atoms with E-state index >= 15 is 0 Å². The first kappa shape index (κ1) is 19.6. The van der Waals surface area contributed by atoms with Crippen LogP contribution in [-0.4, -0.2) is 44.6 Å². The Kier molecular flexibility index (Phi) is 5.65. The van der Waals surface area contributed by atoms with Gasteiger partial charge in [0.15, 0.2) is 0 Å². The highest BCUT2D eigenvalue weighted by Gasteiger charge is 2.35. The van der Waals surface area contributed by atoms with E-state index in [2.05, 4.69) is 0 Å². The molecule has 1 aromatic carbocycles. The van der Waals surface area contributed by atoms with E-state index in [1.807, 2.05) is 0 Å². The molecule has 0 saturated carbocycles. The molecule has 0 unspecified atom stereocenters. The number of benzene rings is 1. The van der Waals surface area contributed by atoms with Gasteiger partial charge in [-0.1, -0.05) is 6.07 Å². The van der Waals surface area contributed by atoms with Crippen LogP contribution >= 0.6 is 0 Å². The van der Waals surface area contributed by atoms with Crippen molar-refractivity contribution in [3.63, 3.8) is 0 Å². The standard InChI is InChI=1S/C16H21F3N2O3S/c1-12(15(22)20-9-4-3-5-10-20)21(25(2,23)24)14-8-6-7-13(11-14)16(17,18)19/h6-8,11-12H,3-5,9-10H2,1-2H3/t12-/m0/s1. The zero-order valence-corrected chi connectivity index (χ0v) is 14.9. The monoisotopic (exact) mass is 378 g/mol. The number of sulfonamides is 1. The minimum Gasteiger partial charge on any atom is -0.341 e. The zero-order valence-electron chi connectivity index (χ0n) is 14.1. The number of carbonyl (C=O) groups is 1. The summed E-state index contributed by atoms with van der Waals surface area (Å²) in [6, 6.07) is 2.89. The number of hydrogen-bond acceptors (Lipinski definition) is 3. The Morgan fingerprint density at radius 2 is 1.80 bits per heavy atom. The maximum atomic E-state index is 12.9. The average molecular weight is 378 g/mol. The van der Waals surface area contributed by atoms with Crippen LogP contribution in [0, 0.1) is 0 Å². The summed E-state index contributed by atoms with van der Waals surface area (Å²) in [5, 5.41) is 0. The number of piperidine rings is 1. The van der Waals surface area contributed by atoms with Crippen molar-refractivity contribution in [2.45, 2.75) is 38.4 Å². The Labute approximate surface area is 145 Å². The molecule has 25 heavy (non-hydrogen) atoms. The van der Waals surface area contributed by atoms with Gasteiger partial charge in [-0.15, -0.1) is 0 Å². The van der Waals surface area contributed by atoms with Gasteiger partial charge >= 0.3 is 6.18 Å². The number of alkyl halides is 3. The summed E-state index contributed by atoms with van der Waals surface area (Å²) in [5.74, 6) is -0.400. The van der Waals surface area contributed by atoms with E-state index in [9.17, 15) is 26.4 Å². The fraction of sp³-hybridized carbons (Fsp3) is 0.562.